The number of guanidine groups is 1. The minimum absolute atomic E-state index is 0. The number of aromatic amines is 1. The molecule has 0 unspecified atom stereocenters. The average Bonchev–Trinajstić information content (AvgIpc) is 3.06. The molecule has 1 aromatic heterocycles. The van der Waals surface area contributed by atoms with Gasteiger partial charge in [-0.2, -0.15) is 0 Å². The fourth-order valence-corrected chi connectivity index (χ4v) is 4.04. The molecule has 30 heavy (non-hydrogen) atoms. The van der Waals surface area contributed by atoms with Crippen molar-refractivity contribution in [3.05, 3.63) is 35.5 Å². The number of benzene rings is 1. The van der Waals surface area contributed by atoms with Crippen LogP contribution in [-0.4, -0.2) is 68.4 Å². The van der Waals surface area contributed by atoms with Crippen LogP contribution in [0.15, 0.2) is 29.3 Å². The standard InChI is InChI=1S/C23H36N4O2.HI/c1-4-24-23(27-14-11-19(12-15-27)29-17-7-16-28-3)25-13-10-20-18(2)26-22-9-6-5-8-21(20)22;/h5-6,8-9,19,26H,4,7,10-17H2,1-3H3,(H,24,25);1H. The van der Waals surface area contributed by atoms with Gasteiger partial charge in [-0.1, -0.05) is 18.2 Å². The molecule has 1 saturated heterocycles. The highest BCUT2D eigenvalue weighted by Gasteiger charge is 2.21. The Morgan fingerprint density at radius 3 is 2.73 bits per heavy atom. The van der Waals surface area contributed by atoms with E-state index in [4.69, 9.17) is 14.5 Å². The third kappa shape index (κ3) is 6.85. The number of fused-ring (bicyclic) bond motifs is 1. The van der Waals surface area contributed by atoms with Gasteiger partial charge in [-0.15, -0.1) is 24.0 Å². The summed E-state index contributed by atoms with van der Waals surface area (Å²) in [4.78, 5) is 10.8. The summed E-state index contributed by atoms with van der Waals surface area (Å²) in [6.45, 7) is 9.51. The van der Waals surface area contributed by atoms with Crippen molar-refractivity contribution in [2.45, 2.75) is 45.6 Å². The van der Waals surface area contributed by atoms with E-state index in [9.17, 15) is 0 Å². The second kappa shape index (κ2) is 13.2. The lowest BCUT2D eigenvalue weighted by molar-refractivity contribution is 0.00991. The van der Waals surface area contributed by atoms with Gasteiger partial charge in [0.05, 0.1) is 6.10 Å². The van der Waals surface area contributed by atoms with Gasteiger partial charge in [0, 0.05) is 63.1 Å². The van der Waals surface area contributed by atoms with Crippen LogP contribution in [0.4, 0.5) is 0 Å². The molecule has 0 aliphatic carbocycles. The highest BCUT2D eigenvalue weighted by atomic mass is 127. The lowest BCUT2D eigenvalue weighted by atomic mass is 10.1. The fraction of sp³-hybridized carbons (Fsp3) is 0.609. The van der Waals surface area contributed by atoms with Crippen LogP contribution in [0.1, 0.15) is 37.4 Å². The van der Waals surface area contributed by atoms with Crippen LogP contribution < -0.4 is 5.32 Å². The zero-order chi connectivity index (χ0) is 20.5. The number of halogens is 1. The zero-order valence-corrected chi connectivity index (χ0v) is 20.9. The van der Waals surface area contributed by atoms with Crippen LogP contribution in [0.5, 0.6) is 0 Å². The predicted molar refractivity (Wildman–Crippen MR) is 135 cm³/mol. The first-order chi connectivity index (χ1) is 14.2. The Morgan fingerprint density at radius 1 is 1.23 bits per heavy atom. The first-order valence-corrected chi connectivity index (χ1v) is 10.9. The highest BCUT2D eigenvalue weighted by molar-refractivity contribution is 14.0. The van der Waals surface area contributed by atoms with Crippen molar-refractivity contribution in [2.75, 3.05) is 46.5 Å². The lowest BCUT2D eigenvalue weighted by Crippen LogP contribution is -2.47. The van der Waals surface area contributed by atoms with E-state index in [1.54, 1.807) is 7.11 Å². The van der Waals surface area contributed by atoms with E-state index in [0.29, 0.717) is 6.10 Å². The Morgan fingerprint density at radius 2 is 2.00 bits per heavy atom. The van der Waals surface area contributed by atoms with Gasteiger partial charge in [-0.25, -0.2) is 0 Å². The predicted octanol–water partition coefficient (Wildman–Crippen LogP) is 4.12. The molecule has 6 nitrogen and oxygen atoms in total. The Hall–Kier alpha value is -1.32. The van der Waals surface area contributed by atoms with Gasteiger partial charge in [0.15, 0.2) is 5.96 Å². The molecule has 2 aromatic rings. The van der Waals surface area contributed by atoms with E-state index in [1.165, 1.54) is 22.2 Å². The van der Waals surface area contributed by atoms with Crippen LogP contribution in [0.25, 0.3) is 10.9 Å². The molecule has 3 rings (SSSR count). The Balaban J connectivity index is 0.00000320. The third-order valence-electron chi connectivity index (χ3n) is 5.57. The van der Waals surface area contributed by atoms with Crippen LogP contribution in [-0.2, 0) is 15.9 Å². The molecule has 1 aliphatic heterocycles. The molecule has 0 bridgehead atoms. The molecule has 0 radical (unpaired) electrons. The number of ether oxygens (including phenoxy) is 2. The number of likely N-dealkylation sites (tertiary alicyclic amines) is 1. The smallest absolute Gasteiger partial charge is 0.193 e. The van der Waals surface area contributed by atoms with Crippen molar-refractivity contribution >= 4 is 40.8 Å². The number of hydrogen-bond acceptors (Lipinski definition) is 3. The van der Waals surface area contributed by atoms with Crippen molar-refractivity contribution in [3.8, 4) is 0 Å². The molecular weight excluding hydrogens is 491 g/mol. The van der Waals surface area contributed by atoms with Gasteiger partial charge < -0.3 is 24.7 Å². The van der Waals surface area contributed by atoms with Crippen LogP contribution >= 0.6 is 24.0 Å². The van der Waals surface area contributed by atoms with Gasteiger partial charge >= 0.3 is 0 Å². The molecule has 2 heterocycles. The molecule has 1 fully saturated rings. The zero-order valence-electron chi connectivity index (χ0n) is 18.6. The number of rotatable bonds is 9. The summed E-state index contributed by atoms with van der Waals surface area (Å²) in [6, 6.07) is 8.52. The number of aliphatic imine (C=N–C) groups is 1. The summed E-state index contributed by atoms with van der Waals surface area (Å²) < 4.78 is 11.1. The van der Waals surface area contributed by atoms with Crippen molar-refractivity contribution in [1.29, 1.82) is 0 Å². The van der Waals surface area contributed by atoms with Crippen molar-refractivity contribution in [1.82, 2.24) is 15.2 Å². The van der Waals surface area contributed by atoms with Crippen LogP contribution in [0.2, 0.25) is 0 Å². The van der Waals surface area contributed by atoms with Gasteiger partial charge in [-0.05, 0) is 51.2 Å². The molecule has 0 saturated carbocycles. The number of hydrogen-bond donors (Lipinski definition) is 2. The van der Waals surface area contributed by atoms with Gasteiger partial charge in [0.2, 0.25) is 0 Å². The number of nitrogens with zero attached hydrogens (tertiary/aromatic N) is 2. The Kier molecular flexibility index (Phi) is 11.0. The number of H-pyrrole nitrogens is 1. The van der Waals surface area contributed by atoms with Gasteiger partial charge in [0.25, 0.3) is 0 Å². The SMILES string of the molecule is CCNC(=NCCc1c(C)[nH]c2ccccc12)N1CCC(OCCCOC)CC1.I. The summed E-state index contributed by atoms with van der Waals surface area (Å²) >= 11 is 0. The van der Waals surface area contributed by atoms with E-state index in [-0.39, 0.29) is 24.0 Å². The largest absolute Gasteiger partial charge is 0.385 e. The maximum atomic E-state index is 5.99. The second-order valence-corrected chi connectivity index (χ2v) is 7.66. The molecule has 0 amide bonds. The minimum Gasteiger partial charge on any atom is -0.385 e. The monoisotopic (exact) mass is 528 g/mol. The minimum atomic E-state index is 0. The summed E-state index contributed by atoms with van der Waals surface area (Å²) in [7, 11) is 1.74. The van der Waals surface area contributed by atoms with Crippen molar-refractivity contribution < 1.29 is 9.47 Å². The van der Waals surface area contributed by atoms with Gasteiger partial charge in [0.1, 0.15) is 0 Å². The molecule has 2 N–H and O–H groups in total. The quantitative estimate of drug-likeness (QED) is 0.223. The maximum Gasteiger partial charge on any atom is 0.193 e. The highest BCUT2D eigenvalue weighted by Crippen LogP contribution is 2.22. The second-order valence-electron chi connectivity index (χ2n) is 7.66. The number of nitrogens with one attached hydrogen (secondary N) is 2. The summed E-state index contributed by atoms with van der Waals surface area (Å²) in [5.41, 5.74) is 3.84. The average molecular weight is 528 g/mol. The number of aromatic nitrogens is 1. The van der Waals surface area contributed by atoms with E-state index in [0.717, 1.165) is 71.0 Å². The van der Waals surface area contributed by atoms with E-state index >= 15 is 0 Å². The summed E-state index contributed by atoms with van der Waals surface area (Å²) in [5.74, 6) is 1.03. The van der Waals surface area contributed by atoms with Gasteiger partial charge in [-0.3, -0.25) is 4.99 Å². The molecule has 7 heteroatoms. The molecule has 168 valence electrons. The number of aryl methyl sites for hydroxylation is 1. The number of para-hydroxylation sites is 1. The van der Waals surface area contributed by atoms with Crippen molar-refractivity contribution in [2.24, 2.45) is 4.99 Å². The summed E-state index contributed by atoms with van der Waals surface area (Å²) in [5, 5.41) is 4.79. The number of piperidine rings is 1. The topological polar surface area (TPSA) is 61.9 Å². The normalized spacial score (nSPS) is 15.4. The van der Waals surface area contributed by atoms with Crippen LogP contribution in [0.3, 0.4) is 0 Å². The lowest BCUT2D eigenvalue weighted by Gasteiger charge is -2.34. The van der Waals surface area contributed by atoms with Crippen molar-refractivity contribution in [3.63, 3.8) is 0 Å². The van der Waals surface area contributed by atoms with E-state index < -0.39 is 0 Å². The summed E-state index contributed by atoms with van der Waals surface area (Å²) in [6.07, 6.45) is 4.38. The fourth-order valence-electron chi connectivity index (χ4n) is 4.04. The van der Waals surface area contributed by atoms with E-state index in [1.807, 2.05) is 0 Å². The maximum absolute atomic E-state index is 5.99. The van der Waals surface area contributed by atoms with Crippen LogP contribution in [0, 0.1) is 6.92 Å². The first-order valence-electron chi connectivity index (χ1n) is 10.9. The Bertz CT molecular complexity index is 785. The molecule has 1 aromatic carbocycles. The molecular formula is C23H37IN4O2. The van der Waals surface area contributed by atoms with E-state index in [2.05, 4.69) is 53.3 Å². The first kappa shape index (κ1) is 24.9. The molecule has 0 atom stereocenters. The third-order valence-corrected chi connectivity index (χ3v) is 5.57. The molecule has 1 aliphatic rings. The Labute approximate surface area is 197 Å². The molecule has 0 spiro atoms. The number of methoxy groups -OCH3 is 1.